The smallest absolute Gasteiger partial charge is 0.254 e. The topological polar surface area (TPSA) is 85.0 Å². The highest BCUT2D eigenvalue weighted by atomic mass is 19.1. The number of hydrogen-bond acceptors (Lipinski definition) is 5. The first kappa shape index (κ1) is 23.3. The number of piperazine rings is 2. The van der Waals surface area contributed by atoms with Crippen LogP contribution < -0.4 is 15.5 Å². The van der Waals surface area contributed by atoms with Crippen molar-refractivity contribution in [2.45, 2.75) is 12.8 Å². The molecular weight excluding hydrogens is 449 g/mol. The lowest BCUT2D eigenvalue weighted by atomic mass is 10.1. The largest absolute Gasteiger partial charge is 0.366 e. The second kappa shape index (κ2) is 10.0. The van der Waals surface area contributed by atoms with E-state index in [2.05, 4.69) is 15.5 Å². The summed E-state index contributed by atoms with van der Waals surface area (Å²) in [7, 11) is 0. The van der Waals surface area contributed by atoms with Gasteiger partial charge in [0.25, 0.3) is 11.8 Å². The van der Waals surface area contributed by atoms with Crippen molar-refractivity contribution in [2.75, 3.05) is 62.6 Å². The second-order valence-corrected chi connectivity index (χ2v) is 9.33. The molecule has 3 aliphatic rings. The van der Waals surface area contributed by atoms with E-state index >= 15 is 0 Å². The minimum atomic E-state index is -0.430. The number of carbonyl (C=O) groups excluding carboxylic acids is 3. The van der Waals surface area contributed by atoms with Gasteiger partial charge >= 0.3 is 0 Å². The summed E-state index contributed by atoms with van der Waals surface area (Å²) in [5.74, 6) is -0.635. The van der Waals surface area contributed by atoms with Crippen molar-refractivity contribution >= 4 is 29.1 Å². The number of halogens is 1. The quantitative estimate of drug-likeness (QED) is 0.687. The van der Waals surface area contributed by atoms with Gasteiger partial charge in [-0.3, -0.25) is 14.4 Å². The zero-order chi connectivity index (χ0) is 24.4. The summed E-state index contributed by atoms with van der Waals surface area (Å²) in [6, 6.07) is 11.2. The predicted octanol–water partition coefficient (Wildman–Crippen LogP) is 2.18. The van der Waals surface area contributed by atoms with Crippen molar-refractivity contribution in [1.82, 2.24) is 15.1 Å². The van der Waals surface area contributed by atoms with E-state index in [0.29, 0.717) is 56.1 Å². The SMILES string of the molecule is O=C(Nc1cc(C(=O)N2CCNCC2)ccc1N1CCN(C(=O)c2cccc(F)c2)CC1)C1CC1. The molecule has 1 saturated carbocycles. The fourth-order valence-electron chi connectivity index (χ4n) is 4.63. The molecule has 0 spiro atoms. The van der Waals surface area contributed by atoms with Gasteiger partial charge in [-0.25, -0.2) is 4.39 Å². The Balaban J connectivity index is 1.32. The average Bonchev–Trinajstić information content (AvgIpc) is 3.74. The number of anilines is 2. The fraction of sp³-hybridized carbons (Fsp3) is 0.423. The van der Waals surface area contributed by atoms with Gasteiger partial charge in [-0.1, -0.05) is 6.07 Å². The van der Waals surface area contributed by atoms with E-state index in [-0.39, 0.29) is 23.6 Å². The van der Waals surface area contributed by atoms with Crippen LogP contribution in [0.4, 0.5) is 15.8 Å². The zero-order valence-electron chi connectivity index (χ0n) is 19.6. The molecule has 2 N–H and O–H groups in total. The maximum atomic E-state index is 13.6. The summed E-state index contributed by atoms with van der Waals surface area (Å²) in [5, 5.41) is 6.30. The van der Waals surface area contributed by atoms with E-state index in [1.165, 1.54) is 18.2 Å². The van der Waals surface area contributed by atoms with Crippen LogP contribution in [-0.2, 0) is 4.79 Å². The third kappa shape index (κ3) is 5.30. The summed E-state index contributed by atoms with van der Waals surface area (Å²) in [6.07, 6.45) is 1.78. The standard InChI is InChI=1S/C26H30FN5O3/c27-21-3-1-2-19(16-21)25(34)32-14-12-30(13-15-32)23-7-6-20(26(35)31-10-8-28-9-11-31)17-22(23)29-24(33)18-4-5-18/h1-3,6-7,16-18,28H,4-5,8-15H2,(H,29,33). The van der Waals surface area contributed by atoms with Crippen molar-refractivity contribution in [1.29, 1.82) is 0 Å². The summed E-state index contributed by atoms with van der Waals surface area (Å²) >= 11 is 0. The van der Waals surface area contributed by atoms with Crippen LogP contribution in [0.2, 0.25) is 0 Å². The Labute approximate surface area is 204 Å². The lowest BCUT2D eigenvalue weighted by molar-refractivity contribution is -0.117. The van der Waals surface area contributed by atoms with Crippen molar-refractivity contribution < 1.29 is 18.8 Å². The van der Waals surface area contributed by atoms with Crippen molar-refractivity contribution in [3.05, 3.63) is 59.4 Å². The van der Waals surface area contributed by atoms with E-state index < -0.39 is 5.82 Å². The molecule has 5 rings (SSSR count). The molecule has 35 heavy (non-hydrogen) atoms. The van der Waals surface area contributed by atoms with Crippen molar-refractivity contribution in [3.8, 4) is 0 Å². The molecule has 8 nitrogen and oxygen atoms in total. The van der Waals surface area contributed by atoms with E-state index in [4.69, 9.17) is 0 Å². The number of amides is 3. The number of carbonyl (C=O) groups is 3. The Morgan fingerprint density at radius 2 is 1.49 bits per heavy atom. The van der Waals surface area contributed by atoms with Gasteiger partial charge in [-0.2, -0.15) is 0 Å². The first-order valence-corrected chi connectivity index (χ1v) is 12.2. The molecule has 0 radical (unpaired) electrons. The maximum Gasteiger partial charge on any atom is 0.254 e. The molecule has 3 amide bonds. The van der Waals surface area contributed by atoms with Gasteiger partial charge in [-0.15, -0.1) is 0 Å². The van der Waals surface area contributed by atoms with Gasteiger partial charge in [0.15, 0.2) is 0 Å². The number of nitrogens with one attached hydrogen (secondary N) is 2. The molecule has 0 unspecified atom stereocenters. The minimum Gasteiger partial charge on any atom is -0.366 e. The molecule has 0 atom stereocenters. The normalized spacial score (nSPS) is 18.4. The van der Waals surface area contributed by atoms with Gasteiger partial charge < -0.3 is 25.3 Å². The van der Waals surface area contributed by atoms with Crippen LogP contribution in [0.5, 0.6) is 0 Å². The highest BCUT2D eigenvalue weighted by Crippen LogP contribution is 2.34. The molecule has 9 heteroatoms. The maximum absolute atomic E-state index is 13.6. The molecule has 2 aromatic rings. The number of benzene rings is 2. The Morgan fingerprint density at radius 1 is 0.829 bits per heavy atom. The van der Waals surface area contributed by atoms with Gasteiger partial charge in [0, 0.05) is 69.4 Å². The lowest BCUT2D eigenvalue weighted by Crippen LogP contribution is -2.49. The molecule has 184 valence electrons. The van der Waals surface area contributed by atoms with Gasteiger partial charge in [0.2, 0.25) is 5.91 Å². The van der Waals surface area contributed by atoms with Gasteiger partial charge in [0.1, 0.15) is 5.82 Å². The van der Waals surface area contributed by atoms with Crippen LogP contribution in [0.25, 0.3) is 0 Å². The van der Waals surface area contributed by atoms with Gasteiger partial charge in [0.05, 0.1) is 11.4 Å². The van der Waals surface area contributed by atoms with E-state index in [1.54, 1.807) is 17.0 Å². The van der Waals surface area contributed by atoms with Crippen LogP contribution in [0, 0.1) is 11.7 Å². The minimum absolute atomic E-state index is 0.0158. The molecule has 2 aromatic carbocycles. The summed E-state index contributed by atoms with van der Waals surface area (Å²) in [5.41, 5.74) is 2.37. The van der Waals surface area contributed by atoms with Crippen LogP contribution in [-0.4, -0.2) is 79.9 Å². The molecule has 0 bridgehead atoms. The molecule has 0 aromatic heterocycles. The van der Waals surface area contributed by atoms with E-state index in [0.717, 1.165) is 31.6 Å². The van der Waals surface area contributed by atoms with Crippen LogP contribution >= 0.6 is 0 Å². The molecule has 3 fully saturated rings. The fourth-order valence-corrected chi connectivity index (χ4v) is 4.63. The van der Waals surface area contributed by atoms with Gasteiger partial charge in [-0.05, 0) is 49.2 Å². The Kier molecular flexibility index (Phi) is 6.68. The van der Waals surface area contributed by atoms with Crippen molar-refractivity contribution in [2.24, 2.45) is 5.92 Å². The first-order valence-electron chi connectivity index (χ1n) is 12.2. The van der Waals surface area contributed by atoms with Crippen LogP contribution in [0.3, 0.4) is 0 Å². The predicted molar refractivity (Wildman–Crippen MR) is 131 cm³/mol. The van der Waals surface area contributed by atoms with Crippen LogP contribution in [0.1, 0.15) is 33.6 Å². The Morgan fingerprint density at radius 3 is 2.14 bits per heavy atom. The number of nitrogens with zero attached hydrogens (tertiary/aromatic N) is 3. The molecule has 2 saturated heterocycles. The van der Waals surface area contributed by atoms with Crippen molar-refractivity contribution in [3.63, 3.8) is 0 Å². The molecule has 2 heterocycles. The highest BCUT2D eigenvalue weighted by Gasteiger charge is 2.31. The number of hydrogen-bond donors (Lipinski definition) is 2. The highest BCUT2D eigenvalue weighted by molar-refractivity contribution is 6.01. The average molecular weight is 480 g/mol. The third-order valence-corrected chi connectivity index (χ3v) is 6.83. The Bertz CT molecular complexity index is 1120. The number of rotatable bonds is 5. The summed E-state index contributed by atoms with van der Waals surface area (Å²) < 4.78 is 13.6. The van der Waals surface area contributed by atoms with E-state index in [9.17, 15) is 18.8 Å². The third-order valence-electron chi connectivity index (χ3n) is 6.83. The molecular formula is C26H30FN5O3. The first-order chi connectivity index (χ1) is 17.0. The monoisotopic (exact) mass is 479 g/mol. The summed E-state index contributed by atoms with van der Waals surface area (Å²) in [4.78, 5) is 44.1. The van der Waals surface area contributed by atoms with E-state index in [1.807, 2.05) is 17.0 Å². The second-order valence-electron chi connectivity index (χ2n) is 9.33. The Hall–Kier alpha value is -3.46. The molecule has 2 aliphatic heterocycles. The van der Waals surface area contributed by atoms with Crippen LogP contribution in [0.15, 0.2) is 42.5 Å². The summed E-state index contributed by atoms with van der Waals surface area (Å²) in [6.45, 7) is 4.95. The lowest BCUT2D eigenvalue weighted by Gasteiger charge is -2.37. The zero-order valence-corrected chi connectivity index (χ0v) is 19.6. The molecule has 1 aliphatic carbocycles.